The van der Waals surface area contributed by atoms with E-state index in [4.69, 9.17) is 36.9 Å². The van der Waals surface area contributed by atoms with Gasteiger partial charge in [-0.1, -0.05) is 0 Å². The summed E-state index contributed by atoms with van der Waals surface area (Å²) in [5, 5.41) is 0. The van der Waals surface area contributed by atoms with Crippen molar-refractivity contribution in [2.45, 2.75) is 27.7 Å². The summed E-state index contributed by atoms with van der Waals surface area (Å²) in [7, 11) is -7.41. The molecule has 0 aliphatic rings. The quantitative estimate of drug-likeness (QED) is 0.420. The van der Waals surface area contributed by atoms with Crippen molar-refractivity contribution in [1.82, 2.24) is 0 Å². The Morgan fingerprint density at radius 3 is 0.889 bits per heavy atom. The molecule has 0 aliphatic heterocycles. The van der Waals surface area contributed by atoms with Crippen LogP contribution in [0.4, 0.5) is 0 Å². The Labute approximate surface area is 110 Å². The lowest BCUT2D eigenvalue weighted by Crippen LogP contribution is -2.49. The lowest BCUT2D eigenvalue weighted by molar-refractivity contribution is -0.0247. The van der Waals surface area contributed by atoms with E-state index >= 15 is 0 Å². The number of hydrogen-bond acceptors (Lipinski definition) is 8. The fourth-order valence-electron chi connectivity index (χ4n) is 0.957. The molecule has 4 N–H and O–H groups in total. The van der Waals surface area contributed by atoms with Crippen LogP contribution in [-0.4, -0.2) is 63.7 Å². The summed E-state index contributed by atoms with van der Waals surface area (Å²) in [6.45, 7) is 9.80. The SMILES string of the molecule is CCO[Si](OCC)(OCC)OCC.O[Si](O)(O)O. The predicted molar refractivity (Wildman–Crippen MR) is 66.9 cm³/mol. The molecule has 0 aliphatic carbocycles. The normalized spacial score (nSPS) is 12.0. The second-order valence-electron chi connectivity index (χ2n) is 2.83. The summed E-state index contributed by atoms with van der Waals surface area (Å²) in [6, 6.07) is 0. The molecule has 8 nitrogen and oxygen atoms in total. The van der Waals surface area contributed by atoms with Gasteiger partial charge in [0.25, 0.3) is 0 Å². The van der Waals surface area contributed by atoms with Crippen molar-refractivity contribution in [3.8, 4) is 0 Å². The van der Waals surface area contributed by atoms with Crippen molar-refractivity contribution in [3.63, 3.8) is 0 Å². The summed E-state index contributed by atoms with van der Waals surface area (Å²) in [6.07, 6.45) is 0. The van der Waals surface area contributed by atoms with Gasteiger partial charge in [0.1, 0.15) is 0 Å². The third-order valence-corrected chi connectivity index (χ3v) is 3.85. The van der Waals surface area contributed by atoms with Crippen molar-refractivity contribution >= 4 is 18.1 Å². The van der Waals surface area contributed by atoms with Crippen LogP contribution in [0.25, 0.3) is 0 Å². The molecule has 10 heteroatoms. The van der Waals surface area contributed by atoms with Gasteiger partial charge < -0.3 is 36.9 Å². The highest BCUT2D eigenvalue weighted by Crippen LogP contribution is 2.11. The van der Waals surface area contributed by atoms with E-state index in [0.29, 0.717) is 26.4 Å². The van der Waals surface area contributed by atoms with Crippen LogP contribution in [0.3, 0.4) is 0 Å². The van der Waals surface area contributed by atoms with Crippen LogP contribution in [-0.2, 0) is 17.7 Å². The Balaban J connectivity index is 0. The van der Waals surface area contributed by atoms with Crippen LogP contribution in [0.15, 0.2) is 0 Å². The average molecular weight is 304 g/mol. The smallest absolute Gasteiger partial charge is 0.368 e. The van der Waals surface area contributed by atoms with E-state index in [1.807, 2.05) is 27.7 Å². The summed E-state index contributed by atoms with van der Waals surface area (Å²) in [4.78, 5) is 29.3. The molecular formula is C8H24O8Si2. The first kappa shape index (κ1) is 20.4. The molecule has 0 aromatic rings. The van der Waals surface area contributed by atoms with Gasteiger partial charge in [-0.2, -0.15) is 0 Å². The van der Waals surface area contributed by atoms with Gasteiger partial charge in [-0.15, -0.1) is 0 Å². The van der Waals surface area contributed by atoms with E-state index in [9.17, 15) is 0 Å². The zero-order valence-corrected chi connectivity index (χ0v) is 13.3. The van der Waals surface area contributed by atoms with Gasteiger partial charge in [0, 0.05) is 26.4 Å². The molecule has 0 aromatic heterocycles. The molecule has 0 atom stereocenters. The first-order chi connectivity index (χ1) is 8.24. The minimum atomic E-state index is -4.61. The first-order valence-corrected chi connectivity index (χ1v) is 9.12. The molecule has 0 fully saturated rings. The fourth-order valence-corrected chi connectivity index (χ4v) is 2.87. The van der Waals surface area contributed by atoms with Crippen LogP contribution in [0.5, 0.6) is 0 Å². The highest BCUT2D eigenvalue weighted by atomic mass is 28.4. The third-order valence-electron chi connectivity index (χ3n) is 1.28. The molecular weight excluding hydrogens is 280 g/mol. The van der Waals surface area contributed by atoms with Crippen LogP contribution in [0.1, 0.15) is 27.7 Å². The van der Waals surface area contributed by atoms with Crippen LogP contribution in [0, 0.1) is 0 Å². The second kappa shape index (κ2) is 11.0. The molecule has 0 aromatic carbocycles. The van der Waals surface area contributed by atoms with E-state index < -0.39 is 18.1 Å². The molecule has 0 bridgehead atoms. The molecule has 0 radical (unpaired) electrons. The van der Waals surface area contributed by atoms with Crippen molar-refractivity contribution in [2.75, 3.05) is 26.4 Å². The molecule has 0 rings (SSSR count). The third kappa shape index (κ3) is 14.2. The monoisotopic (exact) mass is 304 g/mol. The lowest BCUT2D eigenvalue weighted by atomic mass is 10.9. The molecule has 0 heterocycles. The van der Waals surface area contributed by atoms with Gasteiger partial charge >= 0.3 is 18.1 Å². The Hall–Kier alpha value is 0.114. The largest absolute Gasteiger partial charge is 0.679 e. The van der Waals surface area contributed by atoms with Gasteiger partial charge in [0.05, 0.1) is 0 Å². The van der Waals surface area contributed by atoms with Crippen LogP contribution >= 0.6 is 0 Å². The molecule has 0 amide bonds. The van der Waals surface area contributed by atoms with E-state index in [0.717, 1.165) is 0 Å². The zero-order chi connectivity index (χ0) is 14.7. The minimum absolute atomic E-state index is 0.548. The highest BCUT2D eigenvalue weighted by molar-refractivity contribution is 6.53. The van der Waals surface area contributed by atoms with E-state index in [-0.39, 0.29) is 0 Å². The Bertz CT molecular complexity index is 151. The maximum absolute atomic E-state index is 7.33. The number of hydrogen-bond donors (Lipinski definition) is 4. The Morgan fingerprint density at radius 2 is 0.778 bits per heavy atom. The van der Waals surface area contributed by atoms with Crippen LogP contribution < -0.4 is 0 Å². The van der Waals surface area contributed by atoms with E-state index in [2.05, 4.69) is 0 Å². The maximum atomic E-state index is 7.33. The van der Waals surface area contributed by atoms with Gasteiger partial charge in [0.15, 0.2) is 0 Å². The lowest BCUT2D eigenvalue weighted by Gasteiger charge is -2.26. The van der Waals surface area contributed by atoms with E-state index in [1.54, 1.807) is 0 Å². The molecule has 0 unspecified atom stereocenters. The van der Waals surface area contributed by atoms with Gasteiger partial charge in [-0.25, -0.2) is 0 Å². The van der Waals surface area contributed by atoms with E-state index in [1.165, 1.54) is 0 Å². The Morgan fingerprint density at radius 1 is 0.611 bits per heavy atom. The molecule has 0 saturated carbocycles. The summed E-state index contributed by atoms with van der Waals surface area (Å²) in [5.74, 6) is 0. The average Bonchev–Trinajstić information content (AvgIpc) is 2.16. The summed E-state index contributed by atoms with van der Waals surface area (Å²) >= 11 is 0. The van der Waals surface area contributed by atoms with Crippen molar-refractivity contribution in [3.05, 3.63) is 0 Å². The maximum Gasteiger partial charge on any atom is 0.679 e. The zero-order valence-electron chi connectivity index (χ0n) is 11.3. The number of rotatable bonds is 8. The van der Waals surface area contributed by atoms with Crippen molar-refractivity contribution in [2.24, 2.45) is 0 Å². The molecule has 18 heavy (non-hydrogen) atoms. The second-order valence-corrected chi connectivity index (χ2v) is 6.19. The minimum Gasteiger partial charge on any atom is -0.368 e. The molecule has 112 valence electrons. The fraction of sp³-hybridized carbons (Fsp3) is 1.00. The van der Waals surface area contributed by atoms with Gasteiger partial charge in [0.2, 0.25) is 0 Å². The van der Waals surface area contributed by atoms with Crippen molar-refractivity contribution in [1.29, 1.82) is 0 Å². The Kier molecular flexibility index (Phi) is 12.5. The van der Waals surface area contributed by atoms with Gasteiger partial charge in [-0.3, -0.25) is 0 Å². The highest BCUT2D eigenvalue weighted by Gasteiger charge is 2.44. The van der Waals surface area contributed by atoms with Crippen LogP contribution in [0.2, 0.25) is 0 Å². The van der Waals surface area contributed by atoms with Gasteiger partial charge in [-0.05, 0) is 27.7 Å². The summed E-state index contributed by atoms with van der Waals surface area (Å²) in [5.41, 5.74) is 0. The summed E-state index contributed by atoms with van der Waals surface area (Å²) < 4.78 is 21.7. The molecule has 0 saturated heterocycles. The first-order valence-electron chi connectivity index (χ1n) is 5.69. The van der Waals surface area contributed by atoms with Crippen molar-refractivity contribution < 1.29 is 36.9 Å². The topological polar surface area (TPSA) is 118 Å². The molecule has 0 spiro atoms. The predicted octanol–water partition coefficient (Wildman–Crippen LogP) is -1.04. The standard InChI is InChI=1S/C8H20O4Si.H4O4Si/c1-5-9-13(10-6-2,11-7-3)12-8-4;1-5(2,3)4/h5-8H2,1-4H3;1-4H.